The largest absolute Gasteiger partial charge is 0.600 e. The summed E-state index contributed by atoms with van der Waals surface area (Å²) >= 11 is 5.77. The molecule has 0 saturated heterocycles. The van der Waals surface area contributed by atoms with E-state index in [4.69, 9.17) is 25.9 Å². The second-order valence-corrected chi connectivity index (χ2v) is 6.91. The fourth-order valence-corrected chi connectivity index (χ4v) is 3.98. The van der Waals surface area contributed by atoms with Gasteiger partial charge in [0.2, 0.25) is 5.34 Å². The Hall–Kier alpha value is -0.500. The first kappa shape index (κ1) is 18.5. The average Bonchev–Trinajstić information content (AvgIpc) is 2.39. The zero-order valence-electron chi connectivity index (χ0n) is 11.8. The number of halogens is 1. The van der Waals surface area contributed by atoms with E-state index in [1.807, 2.05) is 0 Å². The van der Waals surface area contributed by atoms with Crippen molar-refractivity contribution in [1.29, 1.82) is 0 Å². The molecule has 21 heavy (non-hydrogen) atoms. The molecule has 9 heteroatoms. The Labute approximate surface area is 128 Å². The summed E-state index contributed by atoms with van der Waals surface area (Å²) in [5, 5.41) is 27.7. The maximum absolute atomic E-state index is 12.9. The number of benzene rings is 1. The molecule has 1 aromatic rings. The maximum Gasteiger partial charge on any atom is 0.372 e. The molecule has 7 nitrogen and oxygen atoms in total. The van der Waals surface area contributed by atoms with Crippen molar-refractivity contribution in [3.8, 4) is 0 Å². The van der Waals surface area contributed by atoms with Gasteiger partial charge in [0.15, 0.2) is 6.54 Å². The number of aliphatic hydroxyl groups is 1. The molecule has 0 aliphatic carbocycles. The first-order valence-electron chi connectivity index (χ1n) is 6.38. The first-order valence-corrected chi connectivity index (χ1v) is 8.30. The summed E-state index contributed by atoms with van der Waals surface area (Å²) in [4.78, 5) is 0. The lowest BCUT2D eigenvalue weighted by Crippen LogP contribution is -3.06. The maximum atomic E-state index is 12.9. The fraction of sp³-hybridized carbons (Fsp3) is 0.500. The summed E-state index contributed by atoms with van der Waals surface area (Å²) in [6.07, 6.45) is 0. The molecule has 3 N–H and O–H groups in total. The summed E-state index contributed by atoms with van der Waals surface area (Å²) in [6.45, 7) is 2.36. The lowest BCUT2D eigenvalue weighted by atomic mass is 10.1. The van der Waals surface area contributed by atoms with Crippen molar-refractivity contribution in [1.82, 2.24) is 0 Å². The van der Waals surface area contributed by atoms with Gasteiger partial charge in [-0.05, 0) is 26.0 Å². The summed E-state index contributed by atoms with van der Waals surface area (Å²) in [5.41, 5.74) is 0.111. The van der Waals surface area contributed by atoms with Crippen molar-refractivity contribution < 1.29 is 29.2 Å². The standard InChI is InChI=1S/C12H19ClNO6P/c1-3-19-21(18,20-4-2)12(15,9-14(16)17)10-5-7-11(13)8-6-10/h5-8,14-16H,3-4,9H2,1-2H3. The molecule has 120 valence electrons. The number of rotatable bonds is 8. The number of nitrogens with one attached hydrogen (secondary N) is 1. The minimum atomic E-state index is -4.10. The Morgan fingerprint density at radius 3 is 2.14 bits per heavy atom. The van der Waals surface area contributed by atoms with E-state index in [0.29, 0.717) is 5.02 Å². The molecule has 1 rings (SSSR count). The van der Waals surface area contributed by atoms with E-state index in [2.05, 4.69) is 0 Å². The molecule has 2 atom stereocenters. The van der Waals surface area contributed by atoms with Crippen LogP contribution in [0.25, 0.3) is 0 Å². The van der Waals surface area contributed by atoms with Gasteiger partial charge in [-0.25, -0.2) is 10.4 Å². The van der Waals surface area contributed by atoms with E-state index in [1.54, 1.807) is 13.8 Å². The van der Waals surface area contributed by atoms with E-state index in [-0.39, 0.29) is 18.8 Å². The quantitative estimate of drug-likeness (QED) is 0.490. The normalized spacial score (nSPS) is 16.5. The van der Waals surface area contributed by atoms with Crippen LogP contribution in [-0.4, -0.2) is 30.1 Å². The molecule has 0 amide bonds. The molecule has 1 aromatic carbocycles. The van der Waals surface area contributed by atoms with Gasteiger partial charge in [0.25, 0.3) is 0 Å². The van der Waals surface area contributed by atoms with Crippen LogP contribution in [0.5, 0.6) is 0 Å². The van der Waals surface area contributed by atoms with Gasteiger partial charge in [0.05, 0.1) is 13.2 Å². The van der Waals surface area contributed by atoms with Crippen LogP contribution in [0.3, 0.4) is 0 Å². The summed E-state index contributed by atoms with van der Waals surface area (Å²) in [6, 6.07) is 5.73. The van der Waals surface area contributed by atoms with Gasteiger partial charge in [-0.1, -0.05) is 23.7 Å². The van der Waals surface area contributed by atoms with Crippen molar-refractivity contribution in [2.24, 2.45) is 0 Å². The van der Waals surface area contributed by atoms with Crippen LogP contribution in [0.15, 0.2) is 24.3 Å². The van der Waals surface area contributed by atoms with E-state index in [9.17, 15) is 14.9 Å². The Morgan fingerprint density at radius 1 is 1.29 bits per heavy atom. The van der Waals surface area contributed by atoms with E-state index in [1.165, 1.54) is 24.3 Å². The predicted molar refractivity (Wildman–Crippen MR) is 77.2 cm³/mol. The first-order chi connectivity index (χ1) is 9.79. The second kappa shape index (κ2) is 7.67. The highest BCUT2D eigenvalue weighted by Gasteiger charge is 2.53. The molecular weight excluding hydrogens is 321 g/mol. The molecule has 0 bridgehead atoms. The van der Waals surface area contributed by atoms with Gasteiger partial charge in [-0.15, -0.1) is 0 Å². The van der Waals surface area contributed by atoms with Gasteiger partial charge in [0, 0.05) is 10.6 Å². The molecule has 0 aliphatic rings. The lowest BCUT2D eigenvalue weighted by Gasteiger charge is -2.35. The predicted octanol–water partition coefficient (Wildman–Crippen LogP) is 1.52. The van der Waals surface area contributed by atoms with Crippen molar-refractivity contribution in [3.63, 3.8) is 0 Å². The van der Waals surface area contributed by atoms with Crippen LogP contribution in [-0.2, 0) is 19.0 Å². The van der Waals surface area contributed by atoms with Crippen LogP contribution < -0.4 is 5.23 Å². The number of hydrogen-bond acceptors (Lipinski definition) is 6. The van der Waals surface area contributed by atoms with Crippen LogP contribution >= 0.6 is 19.2 Å². The molecule has 0 saturated carbocycles. The van der Waals surface area contributed by atoms with E-state index >= 15 is 0 Å². The van der Waals surface area contributed by atoms with Crippen molar-refractivity contribution in [2.75, 3.05) is 19.8 Å². The molecular formula is C12H19ClNO6P. The van der Waals surface area contributed by atoms with Crippen LogP contribution in [0.4, 0.5) is 0 Å². The van der Waals surface area contributed by atoms with E-state index in [0.717, 1.165) is 0 Å². The summed E-state index contributed by atoms with van der Waals surface area (Å²) in [5.74, 6) is 0. The van der Waals surface area contributed by atoms with Crippen LogP contribution in [0.2, 0.25) is 5.02 Å². The van der Waals surface area contributed by atoms with Gasteiger partial charge < -0.3 is 19.4 Å². The van der Waals surface area contributed by atoms with Crippen LogP contribution in [0.1, 0.15) is 19.4 Å². The third-order valence-corrected chi connectivity index (χ3v) is 5.53. The van der Waals surface area contributed by atoms with Crippen molar-refractivity contribution >= 4 is 19.2 Å². The van der Waals surface area contributed by atoms with Gasteiger partial charge in [0.1, 0.15) is 0 Å². The number of quaternary nitrogens is 1. The fourth-order valence-electron chi connectivity index (χ4n) is 1.88. The average molecular weight is 340 g/mol. The van der Waals surface area contributed by atoms with E-state index < -0.39 is 24.7 Å². The molecule has 2 unspecified atom stereocenters. The minimum Gasteiger partial charge on any atom is -0.600 e. The molecule has 0 radical (unpaired) electrons. The number of hydroxylamine groups is 2. The third-order valence-electron chi connectivity index (χ3n) is 2.76. The topological polar surface area (TPSA) is 103 Å². The van der Waals surface area contributed by atoms with Gasteiger partial charge >= 0.3 is 7.60 Å². The summed E-state index contributed by atoms with van der Waals surface area (Å²) in [7, 11) is -4.10. The highest BCUT2D eigenvalue weighted by molar-refractivity contribution is 7.55. The molecule has 0 aliphatic heterocycles. The van der Waals surface area contributed by atoms with Gasteiger partial charge in [-0.3, -0.25) is 4.57 Å². The zero-order valence-corrected chi connectivity index (χ0v) is 13.4. The smallest absolute Gasteiger partial charge is 0.372 e. The molecule has 0 spiro atoms. The Kier molecular flexibility index (Phi) is 6.77. The lowest BCUT2D eigenvalue weighted by molar-refractivity contribution is -1.05. The van der Waals surface area contributed by atoms with Gasteiger partial charge in [-0.2, -0.15) is 0 Å². The zero-order chi connectivity index (χ0) is 16.1. The van der Waals surface area contributed by atoms with Crippen molar-refractivity contribution in [3.05, 3.63) is 40.1 Å². The minimum absolute atomic E-state index is 0.00674. The highest BCUT2D eigenvalue weighted by atomic mass is 35.5. The Balaban J connectivity index is 3.36. The number of hydrogen-bond donors (Lipinski definition) is 3. The monoisotopic (exact) mass is 339 g/mol. The molecule has 0 heterocycles. The molecule has 0 fully saturated rings. The van der Waals surface area contributed by atoms with Crippen molar-refractivity contribution in [2.45, 2.75) is 19.2 Å². The molecule has 0 aromatic heterocycles. The summed E-state index contributed by atoms with van der Waals surface area (Å²) < 4.78 is 23.1. The highest BCUT2D eigenvalue weighted by Crippen LogP contribution is 2.63. The SMILES string of the molecule is CCOP(=O)(OCC)C(O)(C[NH+]([O-])O)c1ccc(Cl)cc1. The Bertz CT molecular complexity index is 487. The van der Waals surface area contributed by atoms with Crippen LogP contribution in [0, 0.1) is 5.21 Å². The third kappa shape index (κ3) is 4.25. The Morgan fingerprint density at radius 2 is 1.76 bits per heavy atom. The second-order valence-electron chi connectivity index (χ2n) is 4.23.